The molecule has 3 heterocycles. The zero-order valence-electron chi connectivity index (χ0n) is 17.0. The van der Waals surface area contributed by atoms with Crippen LogP contribution in [0.25, 0.3) is 0 Å². The van der Waals surface area contributed by atoms with Crippen molar-refractivity contribution in [2.75, 3.05) is 22.1 Å². The molecule has 0 spiro atoms. The van der Waals surface area contributed by atoms with Crippen LogP contribution in [0.3, 0.4) is 0 Å². The molecule has 1 aromatic carbocycles. The van der Waals surface area contributed by atoms with Gasteiger partial charge in [0.15, 0.2) is 0 Å². The molecule has 0 saturated carbocycles. The van der Waals surface area contributed by atoms with Gasteiger partial charge in [-0.2, -0.15) is 4.98 Å². The molecule has 2 aromatic rings. The van der Waals surface area contributed by atoms with Crippen molar-refractivity contribution < 1.29 is 14.0 Å². The maximum Gasteiger partial charge on any atom is 0.258 e. The Labute approximate surface area is 183 Å². The summed E-state index contributed by atoms with van der Waals surface area (Å²) in [5.74, 6) is -2.10. The molecule has 0 radical (unpaired) electrons. The number of anilines is 3. The van der Waals surface area contributed by atoms with Crippen molar-refractivity contribution >= 4 is 40.9 Å². The fourth-order valence-electron chi connectivity index (χ4n) is 4.23. The van der Waals surface area contributed by atoms with Crippen LogP contribution in [0, 0.1) is 5.82 Å². The third-order valence-electron chi connectivity index (χ3n) is 5.81. The van der Waals surface area contributed by atoms with Crippen LogP contribution in [-0.2, 0) is 9.59 Å². The zero-order valence-corrected chi connectivity index (χ0v) is 17.8. The van der Waals surface area contributed by atoms with Gasteiger partial charge in [-0.3, -0.25) is 19.4 Å². The van der Waals surface area contributed by atoms with E-state index in [1.165, 1.54) is 12.1 Å². The van der Waals surface area contributed by atoms with Crippen molar-refractivity contribution in [2.24, 2.45) is 0 Å². The lowest BCUT2D eigenvalue weighted by Crippen LogP contribution is -2.43. The summed E-state index contributed by atoms with van der Waals surface area (Å²) in [5.41, 5.74) is -0.0825. The molecule has 2 amide bonds. The lowest BCUT2D eigenvalue weighted by molar-refractivity contribution is -0.123. The third kappa shape index (κ3) is 4.27. The van der Waals surface area contributed by atoms with E-state index < -0.39 is 29.1 Å². The molecule has 1 fully saturated rings. The average Bonchev–Trinajstić information content (AvgIpc) is 2.75. The van der Waals surface area contributed by atoms with Crippen LogP contribution in [0.2, 0.25) is 5.02 Å². The van der Waals surface area contributed by atoms with E-state index in [1.54, 1.807) is 0 Å². The molecule has 3 N–H and O–H groups in total. The Hall–Kier alpha value is -2.94. The third-order valence-corrected chi connectivity index (χ3v) is 6.10. The number of H-pyrrole nitrogens is 1. The molecule has 164 valence electrons. The minimum atomic E-state index is -1.03. The minimum absolute atomic E-state index is 0.104. The van der Waals surface area contributed by atoms with E-state index in [1.807, 2.05) is 0 Å². The first-order chi connectivity index (χ1) is 14.9. The van der Waals surface area contributed by atoms with Crippen LogP contribution >= 0.6 is 11.6 Å². The molecule has 2 atom stereocenters. The fraction of sp³-hybridized carbons (Fsp3) is 0.429. The number of carbonyl (C=O) groups is 2. The summed E-state index contributed by atoms with van der Waals surface area (Å²) in [6.07, 6.45) is 3.85. The first kappa shape index (κ1) is 21.3. The Morgan fingerprint density at radius 3 is 2.90 bits per heavy atom. The Morgan fingerprint density at radius 1 is 1.35 bits per heavy atom. The second-order valence-corrected chi connectivity index (χ2v) is 8.23. The lowest BCUT2D eigenvalue weighted by Gasteiger charge is -2.36. The van der Waals surface area contributed by atoms with Crippen molar-refractivity contribution in [3.8, 4) is 0 Å². The van der Waals surface area contributed by atoms with Gasteiger partial charge in [0.05, 0.1) is 16.5 Å². The van der Waals surface area contributed by atoms with E-state index in [9.17, 15) is 18.8 Å². The standard InChI is InChI=1S/C21H23ClFN5O3/c1-2-12-5-3-4-8-28(12)21-26-18-17(20(31)27-21)13(10-16(29)25-18)19(30)24-11-6-7-15(23)14(22)9-11/h6-7,9,12-13H,2-5,8,10H2,1H3,(H,24,30)(H2,25,26,27,29,31)/t12-,13+/m0/s1. The first-order valence-corrected chi connectivity index (χ1v) is 10.7. The maximum atomic E-state index is 13.4. The SMILES string of the molecule is CC[C@H]1CCCCN1c1nc2c(c(=O)[nH]1)[C@H](C(=O)Nc1ccc(F)c(Cl)c1)CC(=O)N2. The van der Waals surface area contributed by atoms with E-state index >= 15 is 0 Å². The summed E-state index contributed by atoms with van der Waals surface area (Å²) >= 11 is 5.77. The summed E-state index contributed by atoms with van der Waals surface area (Å²) < 4.78 is 13.4. The highest BCUT2D eigenvalue weighted by Gasteiger charge is 2.36. The second kappa shape index (κ2) is 8.66. The van der Waals surface area contributed by atoms with Gasteiger partial charge in [-0.05, 0) is 43.9 Å². The van der Waals surface area contributed by atoms with E-state index in [0.717, 1.165) is 38.3 Å². The van der Waals surface area contributed by atoms with Crippen LogP contribution in [0.5, 0.6) is 0 Å². The molecule has 31 heavy (non-hydrogen) atoms. The van der Waals surface area contributed by atoms with Gasteiger partial charge in [0, 0.05) is 24.7 Å². The van der Waals surface area contributed by atoms with Crippen LogP contribution in [0.4, 0.5) is 21.8 Å². The summed E-state index contributed by atoms with van der Waals surface area (Å²) in [6.45, 7) is 2.85. The number of fused-ring (bicyclic) bond motifs is 1. The molecule has 8 nitrogen and oxygen atoms in total. The summed E-state index contributed by atoms with van der Waals surface area (Å²) in [7, 11) is 0. The van der Waals surface area contributed by atoms with Crippen LogP contribution in [-0.4, -0.2) is 34.4 Å². The highest BCUT2D eigenvalue weighted by atomic mass is 35.5. The number of rotatable bonds is 4. The maximum absolute atomic E-state index is 13.4. The Kier molecular flexibility index (Phi) is 5.95. The largest absolute Gasteiger partial charge is 0.339 e. The first-order valence-electron chi connectivity index (χ1n) is 10.3. The van der Waals surface area contributed by atoms with E-state index in [0.29, 0.717) is 5.95 Å². The quantitative estimate of drug-likeness (QED) is 0.665. The Balaban J connectivity index is 1.65. The predicted molar refractivity (Wildman–Crippen MR) is 116 cm³/mol. The van der Waals surface area contributed by atoms with Crippen molar-refractivity contribution in [2.45, 2.75) is 51.0 Å². The molecule has 2 aliphatic heterocycles. The zero-order chi connectivity index (χ0) is 22.1. The van der Waals surface area contributed by atoms with Crippen LogP contribution in [0.1, 0.15) is 50.5 Å². The van der Waals surface area contributed by atoms with Gasteiger partial charge in [0.1, 0.15) is 11.6 Å². The molecule has 0 unspecified atom stereocenters. The average molecular weight is 448 g/mol. The van der Waals surface area contributed by atoms with Crippen LogP contribution in [0.15, 0.2) is 23.0 Å². The monoisotopic (exact) mass is 447 g/mol. The normalized spacial score (nSPS) is 20.7. The number of hydrogen-bond donors (Lipinski definition) is 3. The van der Waals surface area contributed by atoms with Gasteiger partial charge < -0.3 is 15.5 Å². The summed E-state index contributed by atoms with van der Waals surface area (Å²) in [6, 6.07) is 4.01. The number of aromatic nitrogens is 2. The van der Waals surface area contributed by atoms with Crippen LogP contribution < -0.4 is 21.1 Å². The molecular weight excluding hydrogens is 425 g/mol. The smallest absolute Gasteiger partial charge is 0.258 e. The van der Waals surface area contributed by atoms with Gasteiger partial charge in [-0.15, -0.1) is 0 Å². The summed E-state index contributed by atoms with van der Waals surface area (Å²) in [4.78, 5) is 47.5. The van der Waals surface area contributed by atoms with Crippen molar-refractivity contribution in [1.82, 2.24) is 9.97 Å². The van der Waals surface area contributed by atoms with Gasteiger partial charge in [-0.25, -0.2) is 4.39 Å². The topological polar surface area (TPSA) is 107 Å². The number of piperidine rings is 1. The number of halogens is 2. The number of benzene rings is 1. The predicted octanol–water partition coefficient (Wildman–Crippen LogP) is 3.40. The number of carbonyl (C=O) groups excluding carboxylic acids is 2. The molecule has 0 aliphatic carbocycles. The number of amides is 2. The second-order valence-electron chi connectivity index (χ2n) is 7.83. The van der Waals surface area contributed by atoms with Gasteiger partial charge in [0.25, 0.3) is 5.56 Å². The highest BCUT2D eigenvalue weighted by Crippen LogP contribution is 2.32. The number of hydrogen-bond acceptors (Lipinski definition) is 5. The van der Waals surface area contributed by atoms with Gasteiger partial charge in [0.2, 0.25) is 17.8 Å². The number of nitrogens with zero attached hydrogens (tertiary/aromatic N) is 2. The molecule has 1 saturated heterocycles. The number of aromatic amines is 1. The Morgan fingerprint density at radius 2 is 2.16 bits per heavy atom. The molecule has 4 rings (SSSR count). The molecule has 2 aliphatic rings. The van der Waals surface area contributed by atoms with E-state index in [2.05, 4.69) is 32.4 Å². The fourth-order valence-corrected chi connectivity index (χ4v) is 4.41. The minimum Gasteiger partial charge on any atom is -0.339 e. The van der Waals surface area contributed by atoms with Crippen molar-refractivity contribution in [3.05, 3.63) is 45.0 Å². The molecule has 10 heteroatoms. The van der Waals surface area contributed by atoms with Gasteiger partial charge >= 0.3 is 0 Å². The van der Waals surface area contributed by atoms with E-state index in [-0.39, 0.29) is 34.6 Å². The van der Waals surface area contributed by atoms with Gasteiger partial charge in [-0.1, -0.05) is 18.5 Å². The van der Waals surface area contributed by atoms with Crippen molar-refractivity contribution in [1.29, 1.82) is 0 Å². The molecule has 0 bridgehead atoms. The highest BCUT2D eigenvalue weighted by molar-refractivity contribution is 6.31. The molecular formula is C21H23ClFN5O3. The Bertz CT molecular complexity index is 1090. The molecule has 1 aromatic heterocycles. The summed E-state index contributed by atoms with van der Waals surface area (Å²) in [5, 5.41) is 5.09. The van der Waals surface area contributed by atoms with Crippen molar-refractivity contribution in [3.63, 3.8) is 0 Å². The van der Waals surface area contributed by atoms with E-state index in [4.69, 9.17) is 11.6 Å². The lowest BCUT2D eigenvalue weighted by atomic mass is 9.92. The number of nitrogens with one attached hydrogen (secondary N) is 3.